The van der Waals surface area contributed by atoms with Gasteiger partial charge in [-0.25, -0.2) is 21.6 Å². The maximum Gasteiger partial charge on any atom is 0.240 e. The van der Waals surface area contributed by atoms with Gasteiger partial charge in [-0.15, -0.1) is 12.4 Å². The third-order valence-electron chi connectivity index (χ3n) is 2.93. The van der Waals surface area contributed by atoms with Crippen molar-refractivity contribution in [3.63, 3.8) is 0 Å². The van der Waals surface area contributed by atoms with Crippen LogP contribution < -0.4 is 10.0 Å². The molecule has 0 atom stereocenters. The second-order valence-electron chi connectivity index (χ2n) is 4.52. The molecule has 0 aromatic heterocycles. The van der Waals surface area contributed by atoms with E-state index in [0.717, 1.165) is 0 Å². The molecule has 0 saturated heterocycles. The molecule has 7 nitrogen and oxygen atoms in total. The van der Waals surface area contributed by atoms with Crippen molar-refractivity contribution in [2.24, 2.45) is 0 Å². The van der Waals surface area contributed by atoms with Gasteiger partial charge in [-0.05, 0) is 18.2 Å². The number of rotatable bonds is 10. The highest BCUT2D eigenvalue weighted by Gasteiger charge is 2.18. The quantitative estimate of drug-likeness (QED) is 0.565. The van der Waals surface area contributed by atoms with Crippen LogP contribution in [0, 0.1) is 0 Å². The van der Waals surface area contributed by atoms with Gasteiger partial charge in [0.2, 0.25) is 10.0 Å². The summed E-state index contributed by atoms with van der Waals surface area (Å²) in [6, 6.07) is 5.37. The standard InChI is InChI=1S/C13H22N2O5S2.ClH/c1-3-21(16,17)12-5-4-6-13(11-12)22(18,19)15-8-7-14-9-10-20-2;/h4-6,11,14-15H,3,7-10H2,1-2H3;1H. The van der Waals surface area contributed by atoms with Gasteiger partial charge in [0.05, 0.1) is 22.2 Å². The fraction of sp³-hybridized carbons (Fsp3) is 0.538. The Labute approximate surface area is 144 Å². The zero-order valence-electron chi connectivity index (χ0n) is 13.1. The van der Waals surface area contributed by atoms with Crippen molar-refractivity contribution < 1.29 is 21.6 Å². The monoisotopic (exact) mass is 386 g/mol. The summed E-state index contributed by atoms with van der Waals surface area (Å²) >= 11 is 0. The Kier molecular flexibility index (Phi) is 9.90. The molecule has 0 amide bonds. The maximum atomic E-state index is 12.1. The Morgan fingerprint density at radius 2 is 1.70 bits per heavy atom. The van der Waals surface area contributed by atoms with Crippen LogP contribution in [0.25, 0.3) is 0 Å². The molecule has 0 radical (unpaired) electrons. The number of hydrogen-bond acceptors (Lipinski definition) is 6. The zero-order chi connectivity index (χ0) is 16.6. The Balaban J connectivity index is 0.00000484. The van der Waals surface area contributed by atoms with Crippen LogP contribution in [0.5, 0.6) is 0 Å². The summed E-state index contributed by atoms with van der Waals surface area (Å²) in [4.78, 5) is -0.0463. The third kappa shape index (κ3) is 7.15. The SMILES string of the molecule is CCS(=O)(=O)c1cccc(S(=O)(=O)NCCNCCOC)c1.Cl. The lowest BCUT2D eigenvalue weighted by molar-refractivity contribution is 0.199. The van der Waals surface area contributed by atoms with Crippen LogP contribution in [-0.4, -0.2) is 55.9 Å². The van der Waals surface area contributed by atoms with E-state index in [1.54, 1.807) is 7.11 Å². The van der Waals surface area contributed by atoms with E-state index in [1.807, 2.05) is 0 Å². The molecule has 0 aliphatic heterocycles. The fourth-order valence-corrected chi connectivity index (χ4v) is 3.74. The van der Waals surface area contributed by atoms with Crippen molar-refractivity contribution in [3.8, 4) is 0 Å². The van der Waals surface area contributed by atoms with Crippen LogP contribution in [0.1, 0.15) is 6.92 Å². The van der Waals surface area contributed by atoms with Crippen molar-refractivity contribution in [2.45, 2.75) is 16.7 Å². The Morgan fingerprint density at radius 1 is 1.04 bits per heavy atom. The van der Waals surface area contributed by atoms with Gasteiger partial charge in [0.15, 0.2) is 9.84 Å². The number of methoxy groups -OCH3 is 1. The topological polar surface area (TPSA) is 102 Å². The molecule has 0 aliphatic carbocycles. The van der Waals surface area contributed by atoms with Gasteiger partial charge in [-0.1, -0.05) is 13.0 Å². The molecule has 10 heteroatoms. The van der Waals surface area contributed by atoms with Crippen molar-refractivity contribution in [1.29, 1.82) is 0 Å². The van der Waals surface area contributed by atoms with Crippen LogP contribution in [0.2, 0.25) is 0 Å². The first-order chi connectivity index (χ1) is 10.3. The number of sulfonamides is 1. The molecule has 0 heterocycles. The van der Waals surface area contributed by atoms with E-state index in [4.69, 9.17) is 4.74 Å². The van der Waals surface area contributed by atoms with E-state index in [9.17, 15) is 16.8 Å². The number of nitrogens with one attached hydrogen (secondary N) is 2. The molecule has 0 aliphatic rings. The second-order valence-corrected chi connectivity index (χ2v) is 8.56. The van der Waals surface area contributed by atoms with Crippen LogP contribution in [-0.2, 0) is 24.6 Å². The summed E-state index contributed by atoms with van der Waals surface area (Å²) < 4.78 is 55.1. The predicted molar refractivity (Wildman–Crippen MR) is 91.4 cm³/mol. The number of halogens is 1. The average Bonchev–Trinajstić information content (AvgIpc) is 2.51. The van der Waals surface area contributed by atoms with Crippen molar-refractivity contribution in [1.82, 2.24) is 10.0 Å². The zero-order valence-corrected chi connectivity index (χ0v) is 15.6. The lowest BCUT2D eigenvalue weighted by Crippen LogP contribution is -2.33. The lowest BCUT2D eigenvalue weighted by atomic mass is 10.4. The first-order valence-corrected chi connectivity index (χ1v) is 9.99. The summed E-state index contributed by atoms with van der Waals surface area (Å²) in [5.41, 5.74) is 0. The molecule has 1 aromatic rings. The van der Waals surface area contributed by atoms with E-state index in [1.165, 1.54) is 31.2 Å². The summed E-state index contributed by atoms with van der Waals surface area (Å²) in [6.07, 6.45) is 0. The highest BCUT2D eigenvalue weighted by Crippen LogP contribution is 2.16. The third-order valence-corrected chi connectivity index (χ3v) is 6.12. The Bertz CT molecular complexity index is 677. The van der Waals surface area contributed by atoms with Gasteiger partial charge in [0.1, 0.15) is 0 Å². The van der Waals surface area contributed by atoms with Crippen LogP contribution >= 0.6 is 12.4 Å². The van der Waals surface area contributed by atoms with Crippen molar-refractivity contribution in [3.05, 3.63) is 24.3 Å². The minimum Gasteiger partial charge on any atom is -0.383 e. The first-order valence-electron chi connectivity index (χ1n) is 6.85. The van der Waals surface area contributed by atoms with Gasteiger partial charge in [0, 0.05) is 26.7 Å². The maximum absolute atomic E-state index is 12.1. The molecule has 0 saturated carbocycles. The van der Waals surface area contributed by atoms with Gasteiger partial charge in [0.25, 0.3) is 0 Å². The van der Waals surface area contributed by atoms with Crippen LogP contribution in [0.15, 0.2) is 34.1 Å². The van der Waals surface area contributed by atoms with Gasteiger partial charge < -0.3 is 10.1 Å². The smallest absolute Gasteiger partial charge is 0.240 e. The normalized spacial score (nSPS) is 11.9. The highest BCUT2D eigenvalue weighted by molar-refractivity contribution is 7.91. The van der Waals surface area contributed by atoms with Gasteiger partial charge in [-0.2, -0.15) is 0 Å². The van der Waals surface area contributed by atoms with Crippen LogP contribution in [0.4, 0.5) is 0 Å². The number of benzene rings is 1. The van der Waals surface area contributed by atoms with E-state index in [2.05, 4.69) is 10.0 Å². The molecule has 0 bridgehead atoms. The molecular formula is C13H23ClN2O5S2. The van der Waals surface area contributed by atoms with E-state index in [-0.39, 0.29) is 34.5 Å². The molecule has 2 N–H and O–H groups in total. The molecule has 1 rings (SSSR count). The highest BCUT2D eigenvalue weighted by atomic mass is 35.5. The van der Waals surface area contributed by atoms with E-state index >= 15 is 0 Å². The number of hydrogen-bond donors (Lipinski definition) is 2. The summed E-state index contributed by atoms with van der Waals surface area (Å²) in [5, 5.41) is 3.01. The molecule has 134 valence electrons. The molecular weight excluding hydrogens is 364 g/mol. The molecule has 1 aromatic carbocycles. The molecule has 0 fully saturated rings. The number of ether oxygens (including phenoxy) is 1. The Morgan fingerprint density at radius 3 is 2.30 bits per heavy atom. The van der Waals surface area contributed by atoms with Crippen molar-refractivity contribution in [2.75, 3.05) is 39.1 Å². The first kappa shape index (κ1) is 22.3. The summed E-state index contributed by atoms with van der Waals surface area (Å²) in [7, 11) is -5.58. The van der Waals surface area contributed by atoms with E-state index < -0.39 is 19.9 Å². The lowest BCUT2D eigenvalue weighted by Gasteiger charge is -2.09. The largest absolute Gasteiger partial charge is 0.383 e. The predicted octanol–water partition coefficient (Wildman–Crippen LogP) is 0.416. The van der Waals surface area contributed by atoms with Gasteiger partial charge >= 0.3 is 0 Å². The minimum atomic E-state index is -3.73. The van der Waals surface area contributed by atoms with Gasteiger partial charge in [-0.3, -0.25) is 0 Å². The fourth-order valence-electron chi connectivity index (χ4n) is 1.66. The molecule has 23 heavy (non-hydrogen) atoms. The minimum absolute atomic E-state index is 0. The molecule has 0 unspecified atom stereocenters. The molecule has 0 spiro atoms. The number of sulfone groups is 1. The summed E-state index contributed by atoms with van der Waals surface area (Å²) in [5.74, 6) is -0.0760. The second kappa shape index (κ2) is 10.2. The van der Waals surface area contributed by atoms with Crippen molar-refractivity contribution >= 4 is 32.3 Å². The Hall–Kier alpha value is -0.710. The average molecular weight is 387 g/mol. The summed E-state index contributed by atoms with van der Waals surface area (Å²) in [6.45, 7) is 3.35. The van der Waals surface area contributed by atoms with E-state index in [0.29, 0.717) is 19.7 Å². The van der Waals surface area contributed by atoms with Crippen LogP contribution in [0.3, 0.4) is 0 Å².